The molecule has 0 bridgehead atoms. The second-order valence-corrected chi connectivity index (χ2v) is 7.40. The van der Waals surface area contributed by atoms with Crippen LogP contribution in [0, 0.1) is 18.8 Å². The summed E-state index contributed by atoms with van der Waals surface area (Å²) in [5.41, 5.74) is 3.33. The fraction of sp³-hybridized carbons (Fsp3) is 0.143. The Kier molecular flexibility index (Phi) is 6.58. The predicted molar refractivity (Wildman–Crippen MR) is 113 cm³/mol. The molecule has 0 unspecified atom stereocenters. The van der Waals surface area contributed by atoms with E-state index in [0.717, 1.165) is 21.3 Å². The van der Waals surface area contributed by atoms with Gasteiger partial charge in [0.05, 0.1) is 25.5 Å². The van der Waals surface area contributed by atoms with Gasteiger partial charge >= 0.3 is 5.97 Å². The van der Waals surface area contributed by atoms with E-state index < -0.39 is 5.97 Å². The number of hydrogen-bond acceptors (Lipinski definition) is 7. The van der Waals surface area contributed by atoms with Gasteiger partial charge in [0, 0.05) is 22.9 Å². The number of benzene rings is 2. The molecule has 0 aliphatic heterocycles. The highest BCUT2D eigenvalue weighted by Gasteiger charge is 2.11. The Balaban J connectivity index is 1.66. The maximum Gasteiger partial charge on any atom is 0.337 e. The highest BCUT2D eigenvalue weighted by atomic mass is 32.2. The minimum absolute atomic E-state index is 0.409. The first-order chi connectivity index (χ1) is 13.6. The molecule has 0 amide bonds. The molecule has 0 radical (unpaired) electrons. The molecule has 7 heteroatoms. The van der Waals surface area contributed by atoms with Gasteiger partial charge in [-0.05, 0) is 43.2 Å². The fourth-order valence-corrected chi connectivity index (χ4v) is 3.69. The number of esters is 1. The molecule has 0 saturated carbocycles. The summed E-state index contributed by atoms with van der Waals surface area (Å²) in [6, 6.07) is 13.1. The van der Waals surface area contributed by atoms with E-state index in [-0.39, 0.29) is 0 Å². The number of anilines is 1. The zero-order chi connectivity index (χ0) is 19.9. The molecule has 1 heterocycles. The van der Waals surface area contributed by atoms with Gasteiger partial charge in [0.15, 0.2) is 5.01 Å². The van der Waals surface area contributed by atoms with Gasteiger partial charge in [0.1, 0.15) is 10.8 Å². The lowest BCUT2D eigenvalue weighted by Gasteiger charge is -2.10. The first-order valence-corrected chi connectivity index (χ1v) is 10.0. The minimum Gasteiger partial charge on any atom is -0.495 e. The van der Waals surface area contributed by atoms with E-state index in [1.807, 2.05) is 36.6 Å². The number of nitrogens with zero attached hydrogens (tertiary/aromatic N) is 1. The van der Waals surface area contributed by atoms with Crippen LogP contribution in [0.5, 0.6) is 5.75 Å². The van der Waals surface area contributed by atoms with Crippen molar-refractivity contribution in [2.24, 2.45) is 0 Å². The summed E-state index contributed by atoms with van der Waals surface area (Å²) in [6.07, 6.45) is 0. The molecular formula is C21H18N2O3S2. The summed E-state index contributed by atoms with van der Waals surface area (Å²) in [4.78, 5) is 16.1. The molecule has 5 nitrogen and oxygen atoms in total. The van der Waals surface area contributed by atoms with Gasteiger partial charge in [-0.1, -0.05) is 23.6 Å². The van der Waals surface area contributed by atoms with E-state index in [4.69, 9.17) is 9.47 Å². The summed E-state index contributed by atoms with van der Waals surface area (Å²) in [5.74, 6) is 6.35. The van der Waals surface area contributed by atoms with E-state index in [0.29, 0.717) is 11.3 Å². The van der Waals surface area contributed by atoms with Crippen LogP contribution in [-0.4, -0.2) is 25.2 Å². The number of aryl methyl sites for hydroxylation is 1. The SMILES string of the molecule is COC(=O)c1ccc(NSc2csc(C#Cc3ccc(C)cc3)n2)c(OC)c1. The van der Waals surface area contributed by atoms with E-state index in [2.05, 4.69) is 21.5 Å². The Labute approximate surface area is 172 Å². The lowest BCUT2D eigenvalue weighted by atomic mass is 10.2. The van der Waals surface area contributed by atoms with E-state index in [9.17, 15) is 4.79 Å². The number of methoxy groups -OCH3 is 2. The van der Waals surface area contributed by atoms with Crippen molar-refractivity contribution in [3.63, 3.8) is 0 Å². The third kappa shape index (κ3) is 5.06. The van der Waals surface area contributed by atoms with Gasteiger partial charge < -0.3 is 14.2 Å². The van der Waals surface area contributed by atoms with Crippen molar-refractivity contribution in [2.45, 2.75) is 11.9 Å². The highest BCUT2D eigenvalue weighted by molar-refractivity contribution is 8.00. The fourth-order valence-electron chi connectivity index (χ4n) is 2.25. The van der Waals surface area contributed by atoms with Crippen LogP contribution in [0.2, 0.25) is 0 Å². The van der Waals surface area contributed by atoms with Crippen LogP contribution < -0.4 is 9.46 Å². The van der Waals surface area contributed by atoms with Gasteiger partial charge in [-0.25, -0.2) is 9.78 Å². The van der Waals surface area contributed by atoms with Crippen LogP contribution in [-0.2, 0) is 4.74 Å². The molecule has 0 spiro atoms. The molecule has 0 saturated heterocycles. The van der Waals surface area contributed by atoms with Crippen molar-refractivity contribution in [1.82, 2.24) is 4.98 Å². The van der Waals surface area contributed by atoms with E-state index >= 15 is 0 Å². The molecule has 3 aromatic rings. The topological polar surface area (TPSA) is 60.5 Å². The van der Waals surface area contributed by atoms with Crippen LogP contribution in [0.4, 0.5) is 5.69 Å². The Bertz CT molecular complexity index is 1030. The van der Waals surface area contributed by atoms with Gasteiger partial charge in [-0.2, -0.15) is 0 Å². The summed E-state index contributed by atoms with van der Waals surface area (Å²) >= 11 is 2.84. The lowest BCUT2D eigenvalue weighted by Crippen LogP contribution is -2.02. The Hall–Kier alpha value is -2.95. The smallest absolute Gasteiger partial charge is 0.337 e. The van der Waals surface area contributed by atoms with E-state index in [1.54, 1.807) is 25.3 Å². The molecule has 0 fully saturated rings. The molecule has 1 N–H and O–H groups in total. The van der Waals surface area contributed by atoms with E-state index in [1.165, 1.54) is 36.0 Å². The largest absolute Gasteiger partial charge is 0.495 e. The van der Waals surface area contributed by atoms with Gasteiger partial charge in [-0.3, -0.25) is 0 Å². The second-order valence-electron chi connectivity index (χ2n) is 5.72. The molecular weight excluding hydrogens is 392 g/mol. The van der Waals surface area contributed by atoms with Gasteiger partial charge in [0.25, 0.3) is 0 Å². The van der Waals surface area contributed by atoms with Crippen LogP contribution in [0.1, 0.15) is 26.5 Å². The van der Waals surface area contributed by atoms with Crippen molar-refractivity contribution in [3.05, 3.63) is 69.5 Å². The third-order valence-corrected chi connectivity index (χ3v) is 5.38. The molecule has 28 heavy (non-hydrogen) atoms. The third-order valence-electron chi connectivity index (χ3n) is 3.74. The lowest BCUT2D eigenvalue weighted by molar-refractivity contribution is 0.0600. The molecule has 0 atom stereocenters. The highest BCUT2D eigenvalue weighted by Crippen LogP contribution is 2.30. The number of carbonyl (C=O) groups excluding carboxylic acids is 1. The summed E-state index contributed by atoms with van der Waals surface area (Å²) in [5, 5.41) is 3.49. The van der Waals surface area contributed by atoms with Gasteiger partial charge in [0.2, 0.25) is 0 Å². The first kappa shape index (κ1) is 19.8. The number of rotatable bonds is 5. The van der Waals surface area contributed by atoms with Crippen molar-refractivity contribution in [3.8, 4) is 17.6 Å². The van der Waals surface area contributed by atoms with Crippen LogP contribution >= 0.6 is 23.3 Å². The second kappa shape index (κ2) is 9.31. The molecule has 2 aromatic carbocycles. The first-order valence-electron chi connectivity index (χ1n) is 8.32. The average molecular weight is 411 g/mol. The molecule has 142 valence electrons. The van der Waals surface area contributed by atoms with Crippen molar-refractivity contribution in [2.75, 3.05) is 18.9 Å². The standard InChI is InChI=1S/C21H18N2O3S2/c1-14-4-6-15(7-5-14)8-11-19-22-20(13-27-19)28-23-17-10-9-16(21(24)26-3)12-18(17)25-2/h4-7,9-10,12-13,23H,1-3H3. The number of thiazole rings is 1. The Morgan fingerprint density at radius 3 is 2.64 bits per heavy atom. The molecule has 1 aromatic heterocycles. The molecule has 0 aliphatic carbocycles. The summed E-state index contributed by atoms with van der Waals surface area (Å²) in [7, 11) is 2.90. The van der Waals surface area contributed by atoms with Crippen LogP contribution in [0.3, 0.4) is 0 Å². The zero-order valence-corrected chi connectivity index (χ0v) is 17.2. The van der Waals surface area contributed by atoms with Crippen LogP contribution in [0.25, 0.3) is 0 Å². The Morgan fingerprint density at radius 2 is 1.93 bits per heavy atom. The van der Waals surface area contributed by atoms with Crippen molar-refractivity contribution in [1.29, 1.82) is 0 Å². The zero-order valence-electron chi connectivity index (χ0n) is 15.6. The minimum atomic E-state index is -0.409. The predicted octanol–water partition coefficient (Wildman–Crippen LogP) is 4.77. The monoisotopic (exact) mass is 410 g/mol. The molecule has 3 rings (SSSR count). The van der Waals surface area contributed by atoms with Crippen molar-refractivity contribution >= 4 is 34.9 Å². The van der Waals surface area contributed by atoms with Crippen molar-refractivity contribution < 1.29 is 14.3 Å². The number of hydrogen-bond donors (Lipinski definition) is 1. The molecule has 0 aliphatic rings. The summed E-state index contributed by atoms with van der Waals surface area (Å²) in [6.45, 7) is 2.05. The maximum atomic E-state index is 11.6. The number of aromatic nitrogens is 1. The van der Waals surface area contributed by atoms with Gasteiger partial charge in [-0.15, -0.1) is 11.3 Å². The Morgan fingerprint density at radius 1 is 1.14 bits per heavy atom. The normalized spacial score (nSPS) is 9.96. The number of nitrogens with one attached hydrogen (secondary N) is 1. The summed E-state index contributed by atoms with van der Waals surface area (Å²) < 4.78 is 13.3. The van der Waals surface area contributed by atoms with Crippen LogP contribution in [0.15, 0.2) is 52.9 Å². The maximum absolute atomic E-state index is 11.6. The number of carbonyl (C=O) groups is 1. The quantitative estimate of drug-likeness (QED) is 0.372. The average Bonchev–Trinajstić information content (AvgIpc) is 3.19. The number of ether oxygens (including phenoxy) is 2.